The third-order valence-corrected chi connectivity index (χ3v) is 4.31. The van der Waals surface area contributed by atoms with E-state index in [1.807, 2.05) is 54.6 Å². The lowest BCUT2D eigenvalue weighted by atomic mass is 9.95. The smallest absolute Gasteiger partial charge is 0.331 e. The summed E-state index contributed by atoms with van der Waals surface area (Å²) in [5.41, 5.74) is 3.81. The van der Waals surface area contributed by atoms with Crippen LogP contribution in [0.3, 0.4) is 0 Å². The Bertz CT molecular complexity index is 762. The Kier molecular flexibility index (Phi) is 7.75. The molecule has 0 fully saturated rings. The van der Waals surface area contributed by atoms with Crippen molar-refractivity contribution in [1.29, 1.82) is 0 Å². The Labute approximate surface area is 155 Å². The standard InChI is InChI=1S/C22H26N2O2/c1-3-4-5-9-12-21(17(2)22(25)26)18-13-15-20(16-14-18)24-23-19-10-7-6-8-11-19/h6-8,10-11,13-16H,3-5,9,12H2,1-2H3,(H,25,26)/b21-17?,24-23+. The van der Waals surface area contributed by atoms with E-state index in [1.165, 1.54) is 6.42 Å². The predicted octanol–water partition coefficient (Wildman–Crippen LogP) is 6.93. The first-order chi connectivity index (χ1) is 12.6. The SMILES string of the molecule is CCCCCCC(=C(C)C(=O)O)c1ccc(/N=N/c2ccccc2)cc1. The lowest BCUT2D eigenvalue weighted by Gasteiger charge is -2.11. The lowest BCUT2D eigenvalue weighted by molar-refractivity contribution is -0.132. The fraction of sp³-hybridized carbons (Fsp3) is 0.318. The van der Waals surface area contributed by atoms with E-state index in [1.54, 1.807) is 6.92 Å². The fourth-order valence-corrected chi connectivity index (χ4v) is 2.75. The summed E-state index contributed by atoms with van der Waals surface area (Å²) in [6.07, 6.45) is 5.25. The van der Waals surface area contributed by atoms with Crippen LogP contribution in [-0.2, 0) is 4.79 Å². The van der Waals surface area contributed by atoms with Crippen LogP contribution in [0.1, 0.15) is 51.5 Å². The number of nitrogens with zero attached hydrogens (tertiary/aromatic N) is 2. The number of carboxylic acid groups (broad SMARTS) is 1. The highest BCUT2D eigenvalue weighted by molar-refractivity contribution is 5.95. The van der Waals surface area contributed by atoms with Gasteiger partial charge in [0, 0.05) is 5.57 Å². The Morgan fingerprint density at radius 3 is 2.08 bits per heavy atom. The Morgan fingerprint density at radius 2 is 1.50 bits per heavy atom. The van der Waals surface area contributed by atoms with E-state index in [2.05, 4.69) is 17.2 Å². The van der Waals surface area contributed by atoms with Gasteiger partial charge in [-0.25, -0.2) is 4.79 Å². The second-order valence-electron chi connectivity index (χ2n) is 6.30. The average molecular weight is 350 g/mol. The summed E-state index contributed by atoms with van der Waals surface area (Å²) in [5, 5.41) is 17.8. The van der Waals surface area contributed by atoms with Gasteiger partial charge >= 0.3 is 5.97 Å². The second kappa shape index (κ2) is 10.3. The molecule has 0 aliphatic rings. The van der Waals surface area contributed by atoms with E-state index >= 15 is 0 Å². The number of rotatable bonds is 9. The molecular formula is C22H26N2O2. The average Bonchev–Trinajstić information content (AvgIpc) is 2.67. The monoisotopic (exact) mass is 350 g/mol. The van der Waals surface area contributed by atoms with Crippen LogP contribution in [0.25, 0.3) is 5.57 Å². The Morgan fingerprint density at radius 1 is 0.885 bits per heavy atom. The van der Waals surface area contributed by atoms with Crippen LogP contribution in [-0.4, -0.2) is 11.1 Å². The highest BCUT2D eigenvalue weighted by Crippen LogP contribution is 2.28. The van der Waals surface area contributed by atoms with Gasteiger partial charge < -0.3 is 5.11 Å². The zero-order valence-electron chi connectivity index (χ0n) is 15.5. The van der Waals surface area contributed by atoms with Crippen LogP contribution < -0.4 is 0 Å². The van der Waals surface area contributed by atoms with Gasteiger partial charge in [0.2, 0.25) is 0 Å². The molecule has 0 amide bonds. The number of unbranched alkanes of at least 4 members (excludes halogenated alkanes) is 3. The third-order valence-electron chi connectivity index (χ3n) is 4.31. The van der Waals surface area contributed by atoms with Crippen molar-refractivity contribution in [2.75, 3.05) is 0 Å². The van der Waals surface area contributed by atoms with Gasteiger partial charge in [-0.2, -0.15) is 10.2 Å². The summed E-state index contributed by atoms with van der Waals surface area (Å²) < 4.78 is 0. The van der Waals surface area contributed by atoms with Gasteiger partial charge in [-0.05, 0) is 55.2 Å². The lowest BCUT2D eigenvalue weighted by Crippen LogP contribution is -2.01. The van der Waals surface area contributed by atoms with E-state index in [4.69, 9.17) is 0 Å². The van der Waals surface area contributed by atoms with E-state index in [0.717, 1.165) is 48.2 Å². The molecule has 0 atom stereocenters. The van der Waals surface area contributed by atoms with Crippen molar-refractivity contribution in [3.8, 4) is 0 Å². The number of hydrogen-bond acceptors (Lipinski definition) is 3. The molecule has 26 heavy (non-hydrogen) atoms. The van der Waals surface area contributed by atoms with Crippen molar-refractivity contribution < 1.29 is 9.90 Å². The van der Waals surface area contributed by atoms with Gasteiger partial charge in [0.05, 0.1) is 11.4 Å². The van der Waals surface area contributed by atoms with Crippen LogP contribution in [0.4, 0.5) is 11.4 Å². The summed E-state index contributed by atoms with van der Waals surface area (Å²) in [5.74, 6) is -0.858. The minimum atomic E-state index is -0.858. The van der Waals surface area contributed by atoms with Crippen molar-refractivity contribution in [1.82, 2.24) is 0 Å². The van der Waals surface area contributed by atoms with Crippen LogP contribution >= 0.6 is 0 Å². The normalized spacial score (nSPS) is 12.2. The highest BCUT2D eigenvalue weighted by atomic mass is 16.4. The molecule has 1 N–H and O–H groups in total. The Balaban J connectivity index is 2.15. The topological polar surface area (TPSA) is 62.0 Å². The van der Waals surface area contributed by atoms with Crippen molar-refractivity contribution in [2.24, 2.45) is 10.2 Å². The molecule has 0 spiro atoms. The molecule has 0 saturated heterocycles. The van der Waals surface area contributed by atoms with Crippen LogP contribution in [0.2, 0.25) is 0 Å². The number of carboxylic acids is 1. The number of allylic oxidation sites excluding steroid dienone is 1. The van der Waals surface area contributed by atoms with Gasteiger partial charge in [-0.1, -0.05) is 56.5 Å². The van der Waals surface area contributed by atoms with Gasteiger partial charge in [0.15, 0.2) is 0 Å². The van der Waals surface area contributed by atoms with Crippen molar-refractivity contribution in [3.63, 3.8) is 0 Å². The van der Waals surface area contributed by atoms with Gasteiger partial charge in [-0.3, -0.25) is 0 Å². The van der Waals surface area contributed by atoms with Gasteiger partial charge in [0.25, 0.3) is 0 Å². The van der Waals surface area contributed by atoms with E-state index in [-0.39, 0.29) is 0 Å². The minimum Gasteiger partial charge on any atom is -0.478 e. The summed E-state index contributed by atoms with van der Waals surface area (Å²) >= 11 is 0. The van der Waals surface area contributed by atoms with Gasteiger partial charge in [0.1, 0.15) is 0 Å². The van der Waals surface area contributed by atoms with E-state index in [0.29, 0.717) is 5.57 Å². The van der Waals surface area contributed by atoms with E-state index in [9.17, 15) is 9.90 Å². The highest BCUT2D eigenvalue weighted by Gasteiger charge is 2.11. The van der Waals surface area contributed by atoms with Gasteiger partial charge in [-0.15, -0.1) is 0 Å². The summed E-state index contributed by atoms with van der Waals surface area (Å²) in [7, 11) is 0. The van der Waals surface area contributed by atoms with Crippen molar-refractivity contribution >= 4 is 22.9 Å². The molecule has 0 aromatic heterocycles. The first kappa shape index (κ1) is 19.6. The number of aliphatic carboxylic acids is 1. The first-order valence-electron chi connectivity index (χ1n) is 9.12. The molecule has 2 rings (SSSR count). The molecule has 2 aromatic carbocycles. The predicted molar refractivity (Wildman–Crippen MR) is 106 cm³/mol. The maximum absolute atomic E-state index is 11.4. The molecule has 0 heterocycles. The molecule has 4 nitrogen and oxygen atoms in total. The zero-order chi connectivity index (χ0) is 18.8. The number of hydrogen-bond donors (Lipinski definition) is 1. The first-order valence-corrected chi connectivity index (χ1v) is 9.12. The summed E-state index contributed by atoms with van der Waals surface area (Å²) in [4.78, 5) is 11.4. The van der Waals surface area contributed by atoms with E-state index < -0.39 is 5.97 Å². The maximum Gasteiger partial charge on any atom is 0.331 e. The van der Waals surface area contributed by atoms with Crippen LogP contribution in [0, 0.1) is 0 Å². The molecule has 0 unspecified atom stereocenters. The summed E-state index contributed by atoms with van der Waals surface area (Å²) in [6.45, 7) is 3.85. The quantitative estimate of drug-likeness (QED) is 0.303. The molecule has 0 bridgehead atoms. The molecule has 0 radical (unpaired) electrons. The van der Waals surface area contributed by atoms with Crippen LogP contribution in [0.5, 0.6) is 0 Å². The van der Waals surface area contributed by atoms with Crippen LogP contribution in [0.15, 0.2) is 70.4 Å². The fourth-order valence-electron chi connectivity index (χ4n) is 2.75. The van der Waals surface area contributed by atoms with Crippen molar-refractivity contribution in [3.05, 3.63) is 65.7 Å². The zero-order valence-corrected chi connectivity index (χ0v) is 15.5. The molecule has 2 aromatic rings. The maximum atomic E-state index is 11.4. The molecule has 4 heteroatoms. The Hall–Kier alpha value is -2.75. The number of carbonyl (C=O) groups is 1. The minimum absolute atomic E-state index is 0.417. The molecule has 136 valence electrons. The molecular weight excluding hydrogens is 324 g/mol. The van der Waals surface area contributed by atoms with Crippen molar-refractivity contribution in [2.45, 2.75) is 46.0 Å². The summed E-state index contributed by atoms with van der Waals surface area (Å²) in [6, 6.07) is 17.2. The molecule has 0 aliphatic carbocycles. The molecule has 0 aliphatic heterocycles. The number of benzene rings is 2. The third kappa shape index (κ3) is 5.96. The second-order valence-corrected chi connectivity index (χ2v) is 6.30. The largest absolute Gasteiger partial charge is 0.478 e. The number of azo groups is 1. The molecule has 0 saturated carbocycles.